The van der Waals surface area contributed by atoms with Crippen molar-refractivity contribution in [3.8, 4) is 0 Å². The molecule has 1 aliphatic rings. The van der Waals surface area contributed by atoms with Gasteiger partial charge in [0.05, 0.1) is 11.2 Å². The SMILES string of the molecule is CCC(C)=CC=CB1OC(C)(C)C(C)(C)O1. The van der Waals surface area contributed by atoms with E-state index in [0.717, 1.165) is 6.42 Å². The van der Waals surface area contributed by atoms with Gasteiger partial charge in [0.25, 0.3) is 0 Å². The molecule has 0 aliphatic carbocycles. The van der Waals surface area contributed by atoms with Gasteiger partial charge >= 0.3 is 7.12 Å². The lowest BCUT2D eigenvalue weighted by atomic mass is 9.90. The van der Waals surface area contributed by atoms with Gasteiger partial charge in [0.15, 0.2) is 0 Å². The van der Waals surface area contributed by atoms with Gasteiger partial charge in [-0.2, -0.15) is 0 Å². The smallest absolute Gasteiger partial charge is 0.400 e. The fourth-order valence-electron chi connectivity index (χ4n) is 1.40. The second-order valence-electron chi connectivity index (χ2n) is 5.38. The molecule has 0 aromatic carbocycles. The Morgan fingerprint density at radius 2 is 1.62 bits per heavy atom. The molecule has 1 saturated heterocycles. The van der Waals surface area contributed by atoms with Gasteiger partial charge in [-0.3, -0.25) is 0 Å². The predicted octanol–water partition coefficient (Wildman–Crippen LogP) is 3.53. The van der Waals surface area contributed by atoms with Gasteiger partial charge in [-0.1, -0.05) is 30.6 Å². The van der Waals surface area contributed by atoms with E-state index in [9.17, 15) is 0 Å². The van der Waals surface area contributed by atoms with Crippen LogP contribution in [-0.4, -0.2) is 18.3 Å². The molecule has 90 valence electrons. The third kappa shape index (κ3) is 2.99. The Balaban J connectivity index is 2.61. The summed E-state index contributed by atoms with van der Waals surface area (Å²) in [5.41, 5.74) is 0.865. The maximum atomic E-state index is 5.84. The van der Waals surface area contributed by atoms with Crippen LogP contribution in [0.25, 0.3) is 0 Å². The first-order valence-corrected chi connectivity index (χ1v) is 5.98. The van der Waals surface area contributed by atoms with Crippen LogP contribution in [0.1, 0.15) is 48.0 Å². The minimum absolute atomic E-state index is 0.231. The molecule has 0 aromatic rings. The highest BCUT2D eigenvalue weighted by Crippen LogP contribution is 2.36. The number of hydrogen-bond acceptors (Lipinski definition) is 2. The van der Waals surface area contributed by atoms with Gasteiger partial charge in [-0.25, -0.2) is 0 Å². The molecule has 0 N–H and O–H groups in total. The van der Waals surface area contributed by atoms with Crippen LogP contribution < -0.4 is 0 Å². The highest BCUT2D eigenvalue weighted by atomic mass is 16.7. The first kappa shape index (κ1) is 13.5. The summed E-state index contributed by atoms with van der Waals surface area (Å²) in [5, 5.41) is 0. The standard InChI is InChI=1S/C13H23BO2/c1-7-11(2)9-8-10-14-15-12(3,4)13(5,6)16-14/h8-10H,7H2,1-6H3. The average molecular weight is 222 g/mol. The molecule has 3 heteroatoms. The summed E-state index contributed by atoms with van der Waals surface area (Å²) < 4.78 is 11.7. The summed E-state index contributed by atoms with van der Waals surface area (Å²) in [7, 11) is -0.231. The largest absolute Gasteiger partial charge is 0.487 e. The average Bonchev–Trinajstić information content (AvgIpc) is 2.35. The molecule has 0 amide bonds. The topological polar surface area (TPSA) is 18.5 Å². The molecule has 0 saturated carbocycles. The van der Waals surface area contributed by atoms with Crippen LogP contribution in [0.3, 0.4) is 0 Å². The van der Waals surface area contributed by atoms with Gasteiger partial charge in [-0.15, -0.1) is 0 Å². The van der Waals surface area contributed by atoms with Crippen molar-refractivity contribution in [2.75, 3.05) is 0 Å². The lowest BCUT2D eigenvalue weighted by Gasteiger charge is -2.32. The summed E-state index contributed by atoms with van der Waals surface area (Å²) in [6.45, 7) is 12.5. The van der Waals surface area contributed by atoms with Crippen molar-refractivity contribution in [3.05, 3.63) is 23.7 Å². The van der Waals surface area contributed by atoms with E-state index in [2.05, 4.69) is 47.6 Å². The lowest BCUT2D eigenvalue weighted by molar-refractivity contribution is 0.00578. The fourth-order valence-corrected chi connectivity index (χ4v) is 1.40. The predicted molar refractivity (Wildman–Crippen MR) is 69.3 cm³/mol. The van der Waals surface area contributed by atoms with E-state index in [-0.39, 0.29) is 18.3 Å². The normalized spacial score (nSPS) is 24.4. The van der Waals surface area contributed by atoms with E-state index in [0.29, 0.717) is 0 Å². The third-order valence-electron chi connectivity index (χ3n) is 3.48. The van der Waals surface area contributed by atoms with Crippen molar-refractivity contribution >= 4 is 7.12 Å². The molecule has 0 aromatic heterocycles. The Bertz CT molecular complexity index is 287. The molecular formula is C13H23BO2. The summed E-state index contributed by atoms with van der Waals surface area (Å²) in [6.07, 6.45) is 5.19. The molecule has 0 bridgehead atoms. The Labute approximate surface area is 99.9 Å². The Morgan fingerprint density at radius 1 is 1.12 bits per heavy atom. The van der Waals surface area contributed by atoms with Crippen LogP contribution in [0.4, 0.5) is 0 Å². The van der Waals surface area contributed by atoms with Crippen molar-refractivity contribution in [1.29, 1.82) is 0 Å². The molecule has 2 nitrogen and oxygen atoms in total. The van der Waals surface area contributed by atoms with Crippen molar-refractivity contribution in [2.45, 2.75) is 59.2 Å². The summed E-state index contributed by atoms with van der Waals surface area (Å²) in [6, 6.07) is 0. The first-order valence-electron chi connectivity index (χ1n) is 5.98. The molecule has 0 radical (unpaired) electrons. The van der Waals surface area contributed by atoms with Crippen molar-refractivity contribution in [2.24, 2.45) is 0 Å². The van der Waals surface area contributed by atoms with E-state index >= 15 is 0 Å². The number of allylic oxidation sites excluding steroid dienone is 3. The number of hydrogen-bond donors (Lipinski definition) is 0. The van der Waals surface area contributed by atoms with Crippen LogP contribution >= 0.6 is 0 Å². The molecule has 1 rings (SSSR count). The fraction of sp³-hybridized carbons (Fsp3) is 0.692. The molecule has 1 fully saturated rings. The summed E-state index contributed by atoms with van der Waals surface area (Å²) >= 11 is 0. The van der Waals surface area contributed by atoms with Crippen molar-refractivity contribution < 1.29 is 9.31 Å². The molecule has 1 heterocycles. The second-order valence-corrected chi connectivity index (χ2v) is 5.38. The molecule has 0 spiro atoms. The Morgan fingerprint density at radius 3 is 2.06 bits per heavy atom. The highest BCUT2D eigenvalue weighted by molar-refractivity contribution is 6.51. The minimum atomic E-state index is -0.245. The zero-order valence-corrected chi connectivity index (χ0v) is 11.3. The lowest BCUT2D eigenvalue weighted by Crippen LogP contribution is -2.41. The highest BCUT2D eigenvalue weighted by Gasteiger charge is 2.49. The van der Waals surface area contributed by atoms with Crippen molar-refractivity contribution in [3.63, 3.8) is 0 Å². The molecule has 1 aliphatic heterocycles. The molecule has 16 heavy (non-hydrogen) atoms. The molecular weight excluding hydrogens is 199 g/mol. The van der Waals surface area contributed by atoms with Gasteiger partial charge in [-0.05, 0) is 41.0 Å². The summed E-state index contributed by atoms with van der Waals surface area (Å²) in [5.74, 6) is 1.97. The van der Waals surface area contributed by atoms with E-state index in [1.54, 1.807) is 0 Å². The third-order valence-corrected chi connectivity index (χ3v) is 3.48. The van der Waals surface area contributed by atoms with Gasteiger partial charge in [0.1, 0.15) is 0 Å². The maximum absolute atomic E-state index is 5.84. The van der Waals surface area contributed by atoms with E-state index < -0.39 is 0 Å². The zero-order chi connectivity index (χ0) is 12.4. The van der Waals surface area contributed by atoms with E-state index in [1.165, 1.54) is 5.57 Å². The van der Waals surface area contributed by atoms with Gasteiger partial charge in [0, 0.05) is 0 Å². The van der Waals surface area contributed by atoms with Crippen LogP contribution in [0.2, 0.25) is 0 Å². The second kappa shape index (κ2) is 4.76. The van der Waals surface area contributed by atoms with Crippen LogP contribution in [0.5, 0.6) is 0 Å². The Hall–Kier alpha value is -0.535. The van der Waals surface area contributed by atoms with E-state index in [4.69, 9.17) is 9.31 Å². The van der Waals surface area contributed by atoms with Crippen LogP contribution in [0, 0.1) is 0 Å². The molecule has 0 unspecified atom stereocenters. The zero-order valence-electron chi connectivity index (χ0n) is 11.3. The Kier molecular flexibility index (Phi) is 4.03. The first-order chi connectivity index (χ1) is 7.28. The van der Waals surface area contributed by atoms with Gasteiger partial charge < -0.3 is 9.31 Å². The minimum Gasteiger partial charge on any atom is -0.400 e. The monoisotopic (exact) mass is 222 g/mol. The van der Waals surface area contributed by atoms with E-state index in [1.807, 2.05) is 12.1 Å². The number of rotatable bonds is 3. The summed E-state index contributed by atoms with van der Waals surface area (Å²) in [4.78, 5) is 0. The van der Waals surface area contributed by atoms with Gasteiger partial charge in [0.2, 0.25) is 0 Å². The van der Waals surface area contributed by atoms with Crippen LogP contribution in [0.15, 0.2) is 23.7 Å². The van der Waals surface area contributed by atoms with Crippen molar-refractivity contribution in [1.82, 2.24) is 0 Å². The maximum Gasteiger partial charge on any atom is 0.487 e. The quantitative estimate of drug-likeness (QED) is 0.537. The van der Waals surface area contributed by atoms with Crippen LogP contribution in [-0.2, 0) is 9.31 Å². The molecule has 0 atom stereocenters.